The smallest absolute Gasteiger partial charge is 0.227 e. The first-order chi connectivity index (χ1) is 7.08. The number of carbonyl (C=O) groups is 1. The highest BCUT2D eigenvalue weighted by atomic mass is 19.1. The monoisotopic (exact) mass is 207 g/mol. The number of halogens is 1. The topological polar surface area (TPSA) is 29.1 Å². The van der Waals surface area contributed by atoms with Gasteiger partial charge in [-0.1, -0.05) is 6.92 Å². The molecular weight excluding hydrogens is 193 g/mol. The maximum atomic E-state index is 12.8. The molecule has 0 heterocycles. The van der Waals surface area contributed by atoms with Gasteiger partial charge in [0.25, 0.3) is 0 Å². The summed E-state index contributed by atoms with van der Waals surface area (Å²) in [5, 5.41) is 2.82. The van der Waals surface area contributed by atoms with Crippen molar-refractivity contribution in [1.29, 1.82) is 0 Å². The van der Waals surface area contributed by atoms with Crippen molar-refractivity contribution in [2.75, 3.05) is 5.32 Å². The zero-order valence-corrected chi connectivity index (χ0v) is 8.88. The van der Waals surface area contributed by atoms with Gasteiger partial charge in [-0.25, -0.2) is 4.39 Å². The molecular formula is C12H14FNO. The van der Waals surface area contributed by atoms with Crippen LogP contribution < -0.4 is 5.32 Å². The fraction of sp³-hybridized carbons (Fsp3) is 0.417. The van der Waals surface area contributed by atoms with Crippen molar-refractivity contribution in [3.05, 3.63) is 29.6 Å². The fourth-order valence-corrected chi connectivity index (χ4v) is 1.68. The third-order valence-electron chi connectivity index (χ3n) is 2.89. The summed E-state index contributed by atoms with van der Waals surface area (Å²) in [7, 11) is 0. The molecule has 1 N–H and O–H groups in total. The average Bonchev–Trinajstić information content (AvgIpc) is 2.88. The van der Waals surface area contributed by atoms with Crippen LogP contribution in [-0.4, -0.2) is 5.91 Å². The lowest BCUT2D eigenvalue weighted by Gasteiger charge is -2.07. The largest absolute Gasteiger partial charge is 0.326 e. The molecule has 3 heteroatoms. The van der Waals surface area contributed by atoms with Gasteiger partial charge in [0, 0.05) is 11.6 Å². The summed E-state index contributed by atoms with van der Waals surface area (Å²) in [6, 6.07) is 4.39. The van der Waals surface area contributed by atoms with Crippen LogP contribution in [0.2, 0.25) is 0 Å². The fourth-order valence-electron chi connectivity index (χ4n) is 1.68. The van der Waals surface area contributed by atoms with Gasteiger partial charge in [-0.2, -0.15) is 0 Å². The van der Waals surface area contributed by atoms with E-state index in [9.17, 15) is 9.18 Å². The lowest BCUT2D eigenvalue weighted by Crippen LogP contribution is -2.15. The molecule has 0 spiro atoms. The van der Waals surface area contributed by atoms with Crippen LogP contribution in [0, 0.1) is 24.6 Å². The van der Waals surface area contributed by atoms with Gasteiger partial charge in [-0.3, -0.25) is 4.79 Å². The Hall–Kier alpha value is -1.38. The van der Waals surface area contributed by atoms with Gasteiger partial charge < -0.3 is 5.32 Å². The summed E-state index contributed by atoms with van der Waals surface area (Å²) in [6.45, 7) is 3.84. The lowest BCUT2D eigenvalue weighted by molar-refractivity contribution is -0.117. The SMILES string of the molecule is Cc1cc(F)ccc1NC(=O)C1CC1C. The van der Waals surface area contributed by atoms with E-state index in [0.29, 0.717) is 11.6 Å². The van der Waals surface area contributed by atoms with Crippen LogP contribution in [0.3, 0.4) is 0 Å². The highest BCUT2D eigenvalue weighted by Crippen LogP contribution is 2.38. The van der Waals surface area contributed by atoms with Crippen molar-refractivity contribution >= 4 is 11.6 Å². The molecule has 1 saturated carbocycles. The van der Waals surface area contributed by atoms with E-state index in [2.05, 4.69) is 12.2 Å². The van der Waals surface area contributed by atoms with E-state index >= 15 is 0 Å². The van der Waals surface area contributed by atoms with E-state index in [1.54, 1.807) is 13.0 Å². The molecule has 80 valence electrons. The predicted molar refractivity (Wildman–Crippen MR) is 57.0 cm³/mol. The number of anilines is 1. The van der Waals surface area contributed by atoms with Gasteiger partial charge >= 0.3 is 0 Å². The quantitative estimate of drug-likeness (QED) is 0.793. The first-order valence-corrected chi connectivity index (χ1v) is 5.15. The third kappa shape index (κ3) is 2.17. The van der Waals surface area contributed by atoms with E-state index in [4.69, 9.17) is 0 Å². The van der Waals surface area contributed by atoms with Gasteiger partial charge in [-0.05, 0) is 43.0 Å². The summed E-state index contributed by atoms with van der Waals surface area (Å²) in [6.07, 6.45) is 0.964. The van der Waals surface area contributed by atoms with Crippen LogP contribution >= 0.6 is 0 Å². The number of aryl methyl sites for hydroxylation is 1. The molecule has 1 aromatic rings. The molecule has 1 aromatic carbocycles. The number of hydrogen-bond donors (Lipinski definition) is 1. The van der Waals surface area contributed by atoms with Crippen molar-refractivity contribution in [3.8, 4) is 0 Å². The molecule has 2 rings (SSSR count). The molecule has 1 aliphatic rings. The highest BCUT2D eigenvalue weighted by Gasteiger charge is 2.39. The standard InChI is InChI=1S/C12H14FNO/c1-7-6-10(7)12(15)14-11-4-3-9(13)5-8(11)2/h3-5,7,10H,6H2,1-2H3,(H,14,15). The molecule has 0 saturated heterocycles. The molecule has 1 fully saturated rings. The van der Waals surface area contributed by atoms with Crippen LogP contribution in [0.5, 0.6) is 0 Å². The predicted octanol–water partition coefficient (Wildman–Crippen LogP) is 2.73. The van der Waals surface area contributed by atoms with E-state index < -0.39 is 0 Å². The van der Waals surface area contributed by atoms with Crippen LogP contribution in [0.25, 0.3) is 0 Å². The second-order valence-electron chi connectivity index (χ2n) is 4.27. The number of hydrogen-bond acceptors (Lipinski definition) is 1. The normalized spacial score (nSPS) is 23.7. The zero-order valence-electron chi connectivity index (χ0n) is 8.88. The average molecular weight is 207 g/mol. The van der Waals surface area contributed by atoms with Crippen molar-refractivity contribution in [3.63, 3.8) is 0 Å². The summed E-state index contributed by atoms with van der Waals surface area (Å²) in [5.74, 6) is 0.419. The molecule has 2 atom stereocenters. The zero-order chi connectivity index (χ0) is 11.0. The molecule has 0 aliphatic heterocycles. The van der Waals surface area contributed by atoms with Gasteiger partial charge in [0.1, 0.15) is 5.82 Å². The highest BCUT2D eigenvalue weighted by molar-refractivity contribution is 5.94. The molecule has 0 bridgehead atoms. The Kier molecular flexibility index (Phi) is 2.47. The van der Waals surface area contributed by atoms with E-state index in [0.717, 1.165) is 12.0 Å². The molecule has 2 nitrogen and oxygen atoms in total. The Bertz CT molecular complexity index is 403. The first kappa shape index (κ1) is 10.1. The number of carbonyl (C=O) groups excluding carboxylic acids is 1. The molecule has 0 radical (unpaired) electrons. The number of amides is 1. The molecule has 1 amide bonds. The maximum Gasteiger partial charge on any atom is 0.227 e. The number of benzene rings is 1. The molecule has 1 aliphatic carbocycles. The van der Waals surface area contributed by atoms with Gasteiger partial charge in [0.2, 0.25) is 5.91 Å². The summed E-state index contributed by atoms with van der Waals surface area (Å²) >= 11 is 0. The van der Waals surface area contributed by atoms with Crippen LogP contribution in [0.15, 0.2) is 18.2 Å². The van der Waals surface area contributed by atoms with Gasteiger partial charge in [0.05, 0.1) is 0 Å². The van der Waals surface area contributed by atoms with E-state index in [-0.39, 0.29) is 17.6 Å². The van der Waals surface area contributed by atoms with Crippen LogP contribution in [-0.2, 0) is 4.79 Å². The van der Waals surface area contributed by atoms with Crippen molar-refractivity contribution in [2.45, 2.75) is 20.3 Å². The minimum absolute atomic E-state index is 0.0530. The van der Waals surface area contributed by atoms with Crippen molar-refractivity contribution in [2.24, 2.45) is 11.8 Å². The summed E-state index contributed by atoms with van der Waals surface area (Å²) in [5.41, 5.74) is 1.47. The molecule has 0 aromatic heterocycles. The summed E-state index contributed by atoms with van der Waals surface area (Å²) in [4.78, 5) is 11.6. The lowest BCUT2D eigenvalue weighted by atomic mass is 10.2. The van der Waals surface area contributed by atoms with Gasteiger partial charge in [-0.15, -0.1) is 0 Å². The van der Waals surface area contributed by atoms with Crippen LogP contribution in [0.1, 0.15) is 18.9 Å². The number of nitrogens with one attached hydrogen (secondary N) is 1. The molecule has 2 unspecified atom stereocenters. The first-order valence-electron chi connectivity index (χ1n) is 5.15. The Labute approximate surface area is 88.5 Å². The van der Waals surface area contributed by atoms with E-state index in [1.165, 1.54) is 12.1 Å². The van der Waals surface area contributed by atoms with Crippen molar-refractivity contribution < 1.29 is 9.18 Å². The van der Waals surface area contributed by atoms with Crippen LogP contribution in [0.4, 0.5) is 10.1 Å². The van der Waals surface area contributed by atoms with Crippen molar-refractivity contribution in [1.82, 2.24) is 0 Å². The maximum absolute atomic E-state index is 12.8. The Morgan fingerprint density at radius 1 is 1.53 bits per heavy atom. The summed E-state index contributed by atoms with van der Waals surface area (Å²) < 4.78 is 12.8. The Balaban J connectivity index is 2.07. The molecule has 15 heavy (non-hydrogen) atoms. The second-order valence-corrected chi connectivity index (χ2v) is 4.27. The second kappa shape index (κ2) is 3.65. The minimum atomic E-state index is -0.273. The van der Waals surface area contributed by atoms with E-state index in [1.807, 2.05) is 0 Å². The number of rotatable bonds is 2. The Morgan fingerprint density at radius 3 is 2.73 bits per heavy atom. The Morgan fingerprint density at radius 2 is 2.20 bits per heavy atom. The minimum Gasteiger partial charge on any atom is -0.326 e. The van der Waals surface area contributed by atoms with Gasteiger partial charge in [0.15, 0.2) is 0 Å². The third-order valence-corrected chi connectivity index (χ3v) is 2.89.